The van der Waals surface area contributed by atoms with E-state index < -0.39 is 0 Å². The Morgan fingerprint density at radius 2 is 2.24 bits per heavy atom. The van der Waals surface area contributed by atoms with Gasteiger partial charge in [0.1, 0.15) is 11.6 Å². The molecule has 0 aliphatic heterocycles. The standard InChI is InChI=1S/C12H10ClN3O/c1-8-14-6-9(7-17)12(15-8)16-11-4-2-3-10(13)5-11/h2-7H,1H3,(H,14,15,16). The molecule has 0 radical (unpaired) electrons. The van der Waals surface area contributed by atoms with Crippen LogP contribution in [0.4, 0.5) is 11.5 Å². The third-order valence-corrected chi connectivity index (χ3v) is 2.39. The minimum absolute atomic E-state index is 0.413. The van der Waals surface area contributed by atoms with E-state index in [1.54, 1.807) is 19.1 Å². The quantitative estimate of drug-likeness (QED) is 0.848. The van der Waals surface area contributed by atoms with Crippen LogP contribution in [0.5, 0.6) is 0 Å². The van der Waals surface area contributed by atoms with Crippen molar-refractivity contribution in [2.75, 3.05) is 5.32 Å². The van der Waals surface area contributed by atoms with Gasteiger partial charge in [0.05, 0.1) is 5.56 Å². The number of benzene rings is 1. The van der Waals surface area contributed by atoms with Gasteiger partial charge < -0.3 is 5.32 Å². The summed E-state index contributed by atoms with van der Waals surface area (Å²) in [5.41, 5.74) is 1.19. The lowest BCUT2D eigenvalue weighted by Gasteiger charge is -2.08. The molecule has 2 aromatic rings. The van der Waals surface area contributed by atoms with E-state index in [0.29, 0.717) is 28.5 Å². The van der Waals surface area contributed by atoms with Gasteiger partial charge in [-0.1, -0.05) is 17.7 Å². The van der Waals surface area contributed by atoms with E-state index in [9.17, 15) is 4.79 Å². The zero-order valence-corrected chi connectivity index (χ0v) is 9.90. The fourth-order valence-corrected chi connectivity index (χ4v) is 1.56. The molecule has 0 bridgehead atoms. The molecule has 0 fully saturated rings. The molecule has 1 aromatic heterocycles. The molecule has 1 aromatic carbocycles. The molecule has 0 atom stereocenters. The minimum Gasteiger partial charge on any atom is -0.339 e. The molecule has 0 amide bonds. The maximum absolute atomic E-state index is 10.8. The van der Waals surface area contributed by atoms with Crippen LogP contribution in [0.15, 0.2) is 30.5 Å². The van der Waals surface area contributed by atoms with Crippen molar-refractivity contribution in [3.05, 3.63) is 46.9 Å². The van der Waals surface area contributed by atoms with Gasteiger partial charge >= 0.3 is 0 Å². The highest BCUT2D eigenvalue weighted by atomic mass is 35.5. The number of anilines is 2. The number of nitrogens with zero attached hydrogens (tertiary/aromatic N) is 2. The average Bonchev–Trinajstić information content (AvgIpc) is 2.29. The van der Waals surface area contributed by atoms with Crippen LogP contribution in [0.3, 0.4) is 0 Å². The second-order valence-electron chi connectivity index (χ2n) is 3.47. The van der Waals surface area contributed by atoms with E-state index in [2.05, 4.69) is 15.3 Å². The molecule has 86 valence electrons. The fourth-order valence-electron chi connectivity index (χ4n) is 1.37. The summed E-state index contributed by atoms with van der Waals surface area (Å²) in [5, 5.41) is 3.66. The van der Waals surface area contributed by atoms with Crippen molar-refractivity contribution < 1.29 is 4.79 Å². The van der Waals surface area contributed by atoms with Crippen LogP contribution in [0, 0.1) is 6.92 Å². The molecule has 1 N–H and O–H groups in total. The molecule has 0 aliphatic carbocycles. The van der Waals surface area contributed by atoms with Gasteiger partial charge in [-0.15, -0.1) is 0 Å². The topological polar surface area (TPSA) is 54.9 Å². The monoisotopic (exact) mass is 247 g/mol. The van der Waals surface area contributed by atoms with Gasteiger partial charge in [-0.3, -0.25) is 4.79 Å². The van der Waals surface area contributed by atoms with Crippen LogP contribution < -0.4 is 5.32 Å². The first-order valence-corrected chi connectivity index (χ1v) is 5.38. The molecule has 1 heterocycles. The number of carbonyl (C=O) groups excluding carboxylic acids is 1. The van der Waals surface area contributed by atoms with E-state index in [0.717, 1.165) is 5.69 Å². The normalized spacial score (nSPS) is 10.0. The fraction of sp³-hybridized carbons (Fsp3) is 0.0833. The van der Waals surface area contributed by atoms with Crippen molar-refractivity contribution in [2.45, 2.75) is 6.92 Å². The van der Waals surface area contributed by atoms with Gasteiger partial charge in [-0.2, -0.15) is 0 Å². The molecular weight excluding hydrogens is 238 g/mol. The van der Waals surface area contributed by atoms with Gasteiger partial charge in [-0.25, -0.2) is 9.97 Å². The first-order chi connectivity index (χ1) is 8.19. The summed E-state index contributed by atoms with van der Waals surface area (Å²) < 4.78 is 0. The minimum atomic E-state index is 0.413. The van der Waals surface area contributed by atoms with Crippen LogP contribution in [0.1, 0.15) is 16.2 Å². The third kappa shape index (κ3) is 2.79. The number of nitrogens with one attached hydrogen (secondary N) is 1. The van der Waals surface area contributed by atoms with Crippen LogP contribution in [-0.2, 0) is 0 Å². The van der Waals surface area contributed by atoms with Gasteiger partial charge in [0.15, 0.2) is 6.29 Å². The van der Waals surface area contributed by atoms with Crippen LogP contribution in [-0.4, -0.2) is 16.3 Å². The second kappa shape index (κ2) is 4.93. The van der Waals surface area contributed by atoms with Crippen LogP contribution in [0.25, 0.3) is 0 Å². The Kier molecular flexibility index (Phi) is 3.35. The first-order valence-electron chi connectivity index (χ1n) is 5.00. The van der Waals surface area contributed by atoms with Gasteiger partial charge in [-0.05, 0) is 25.1 Å². The Hall–Kier alpha value is -1.94. The summed E-state index contributed by atoms with van der Waals surface area (Å²) in [6.07, 6.45) is 2.20. The molecule has 0 saturated heterocycles. The molecule has 5 heteroatoms. The van der Waals surface area contributed by atoms with Crippen molar-refractivity contribution in [3.63, 3.8) is 0 Å². The molecule has 2 rings (SSSR count). The lowest BCUT2D eigenvalue weighted by Crippen LogP contribution is -2.01. The van der Waals surface area contributed by atoms with Crippen molar-refractivity contribution in [1.82, 2.24) is 9.97 Å². The third-order valence-electron chi connectivity index (χ3n) is 2.15. The molecule has 0 unspecified atom stereocenters. The van der Waals surface area contributed by atoms with E-state index in [1.807, 2.05) is 12.1 Å². The summed E-state index contributed by atoms with van der Waals surface area (Å²) in [5.74, 6) is 1.08. The number of rotatable bonds is 3. The molecular formula is C12H10ClN3O. The predicted octanol–water partition coefficient (Wildman–Crippen LogP) is 2.99. The molecule has 0 aliphatic rings. The number of carbonyl (C=O) groups is 1. The molecule has 4 nitrogen and oxygen atoms in total. The van der Waals surface area contributed by atoms with Crippen LogP contribution in [0.2, 0.25) is 5.02 Å². The van der Waals surface area contributed by atoms with Gasteiger partial charge in [0, 0.05) is 16.9 Å². The van der Waals surface area contributed by atoms with Gasteiger partial charge in [0.2, 0.25) is 0 Å². The predicted molar refractivity (Wildman–Crippen MR) is 66.9 cm³/mol. The number of aldehydes is 1. The molecule has 17 heavy (non-hydrogen) atoms. The van der Waals surface area contributed by atoms with E-state index >= 15 is 0 Å². The summed E-state index contributed by atoms with van der Waals surface area (Å²) >= 11 is 5.87. The number of halogens is 1. The Morgan fingerprint density at radius 3 is 2.94 bits per heavy atom. The Morgan fingerprint density at radius 1 is 1.41 bits per heavy atom. The van der Waals surface area contributed by atoms with Crippen molar-refractivity contribution in [3.8, 4) is 0 Å². The first kappa shape index (κ1) is 11.5. The summed E-state index contributed by atoms with van der Waals surface area (Å²) in [7, 11) is 0. The lowest BCUT2D eigenvalue weighted by atomic mass is 10.3. The van der Waals surface area contributed by atoms with Crippen LogP contribution >= 0.6 is 11.6 Å². The molecule has 0 spiro atoms. The Bertz CT molecular complexity index is 557. The van der Waals surface area contributed by atoms with E-state index in [-0.39, 0.29) is 0 Å². The van der Waals surface area contributed by atoms with Gasteiger partial charge in [0.25, 0.3) is 0 Å². The van der Waals surface area contributed by atoms with Crippen molar-refractivity contribution in [2.24, 2.45) is 0 Å². The zero-order valence-electron chi connectivity index (χ0n) is 9.14. The zero-order chi connectivity index (χ0) is 12.3. The molecule has 0 saturated carbocycles. The Balaban J connectivity index is 2.35. The lowest BCUT2D eigenvalue weighted by molar-refractivity contribution is 0.112. The van der Waals surface area contributed by atoms with E-state index in [1.165, 1.54) is 6.20 Å². The highest BCUT2D eigenvalue weighted by Crippen LogP contribution is 2.20. The second-order valence-corrected chi connectivity index (χ2v) is 3.91. The maximum Gasteiger partial charge on any atom is 0.155 e. The van der Waals surface area contributed by atoms with Crippen molar-refractivity contribution in [1.29, 1.82) is 0 Å². The van der Waals surface area contributed by atoms with E-state index in [4.69, 9.17) is 11.6 Å². The Labute approximate surface area is 104 Å². The van der Waals surface area contributed by atoms with Crippen molar-refractivity contribution >= 4 is 29.4 Å². The summed E-state index contributed by atoms with van der Waals surface area (Å²) in [4.78, 5) is 19.0. The number of aromatic nitrogens is 2. The smallest absolute Gasteiger partial charge is 0.155 e. The number of aryl methyl sites for hydroxylation is 1. The average molecular weight is 248 g/mol. The number of hydrogen-bond acceptors (Lipinski definition) is 4. The highest BCUT2D eigenvalue weighted by Gasteiger charge is 2.05. The summed E-state index contributed by atoms with van der Waals surface area (Å²) in [6, 6.07) is 7.20. The summed E-state index contributed by atoms with van der Waals surface area (Å²) in [6.45, 7) is 1.76. The largest absolute Gasteiger partial charge is 0.339 e. The SMILES string of the molecule is Cc1ncc(C=O)c(Nc2cccc(Cl)c2)n1. The maximum atomic E-state index is 10.8. The number of hydrogen-bond donors (Lipinski definition) is 1. The highest BCUT2D eigenvalue weighted by molar-refractivity contribution is 6.30.